The Morgan fingerprint density at radius 3 is 1.34 bits per heavy atom. The summed E-state index contributed by atoms with van der Waals surface area (Å²) in [5.41, 5.74) is 15.3. The number of nitriles is 2. The number of hydrogen-bond acceptors (Lipinski definition) is 21. The number of carbonyl (C=O) groups excluding carboxylic acids is 3. The van der Waals surface area contributed by atoms with E-state index in [1.54, 1.807) is 53.9 Å². The fourth-order valence-corrected chi connectivity index (χ4v) is 19.3. The Hall–Kier alpha value is -12.3. The van der Waals surface area contributed by atoms with Crippen LogP contribution in [0.1, 0.15) is 114 Å². The lowest BCUT2D eigenvalue weighted by atomic mass is 9.99. The molecule has 9 aromatic rings. The van der Waals surface area contributed by atoms with Gasteiger partial charge in [-0.25, -0.2) is 26.7 Å². The zero-order valence-electron chi connectivity index (χ0n) is 70.3. The molecule has 1 unspecified atom stereocenters. The molecule has 26 nitrogen and oxygen atoms in total. The Morgan fingerprint density at radius 2 is 0.902 bits per heavy atom. The quantitative estimate of drug-likeness (QED) is 0.0343. The molecular formula is C92H108F2N20O6S2. The van der Waals surface area contributed by atoms with Gasteiger partial charge >= 0.3 is 0 Å². The number of nitrogens with two attached hydrogens (primary N) is 1. The van der Waals surface area contributed by atoms with Gasteiger partial charge in [-0.3, -0.25) is 19.5 Å². The Morgan fingerprint density at radius 1 is 0.516 bits per heavy atom. The van der Waals surface area contributed by atoms with Crippen molar-refractivity contribution in [2.75, 3.05) is 169 Å². The number of hydrogen-bond donors (Lipinski definition) is 6. The SMILES string of the molecule is C#Cc1ccccc1N1CCC(Nc2cc(C(=O)N3CCN(c4nnnn4C)[C@H](CO)C3)c(C)cc2C)CC1.C=S(N)(=O)c1ccccc1N1CCN(C(=O)c2cc(NC3CCN(c4ccccc4C#N)CC3)c(F)cc2C)CC1.Cc1cc(C)c(C(=O)N2CCN(c3cccc(F)c3[S@](C)(=N)=O)CC2)cc1NC1CCN(c2ccccc2C#N)CC1. The van der Waals surface area contributed by atoms with E-state index in [0.717, 1.165) is 140 Å². The van der Waals surface area contributed by atoms with Crippen LogP contribution in [0.3, 0.4) is 0 Å². The van der Waals surface area contributed by atoms with Gasteiger partial charge in [-0.15, -0.1) is 6.42 Å². The average molecular weight is 1690 g/mol. The number of piperidine rings is 3. The maximum atomic E-state index is 15.0. The van der Waals surface area contributed by atoms with Crippen LogP contribution in [0.2, 0.25) is 0 Å². The summed E-state index contributed by atoms with van der Waals surface area (Å²) in [6, 6.07) is 51.2. The molecule has 6 aliphatic rings. The van der Waals surface area contributed by atoms with Crippen molar-refractivity contribution in [2.45, 2.75) is 107 Å². The summed E-state index contributed by atoms with van der Waals surface area (Å²) in [4.78, 5) is 59.5. The first kappa shape index (κ1) is 87.5. The second-order valence-electron chi connectivity index (χ2n) is 32.3. The highest BCUT2D eigenvalue weighted by Gasteiger charge is 2.36. The number of amides is 3. The number of nitrogens with one attached hydrogen (secondary N) is 4. The molecule has 0 saturated carbocycles. The molecule has 0 bridgehead atoms. The maximum absolute atomic E-state index is 15.0. The standard InChI is InChI=1S/C32H37FN6O2S.C31H35FN6O2S.C29H36N8O2/c1-22-19-23(2)28(36-25-11-13-37(14-12-25)29-9-5-4-7-24(29)21-34)20-26(22)32(40)39-17-15-38(16-18-39)30-10-6-8-27(33)31(30)42(3,35)41;1-22-19-26(32)27(35-24-11-13-36(14-12-24)28-8-4-3-7-23(28)21-33)20-25(22)31(39)38-17-15-37(16-18-38)29-9-5-6-10-30(29)41(2,34)40;1-5-22-8-6-7-9-27(22)35-12-10-23(11-13-35)30-26-17-25(20(2)16-21(26)3)28(39)36-14-15-37(24(18-36)19-38)29-31-32-33-34(29)4/h4-10,19-20,25,35-36H,11-18H2,1-3H3;3-10,19-20,24,35H,2,11-18H2,1H3,(H2,34,40);1,6-9,16-17,23-24,30,38H,10-15,18-19H2,2-4H3/t42-;;24-/m1.0/s1. The zero-order valence-corrected chi connectivity index (χ0v) is 72.0. The number of aliphatic hydroxyl groups excluding tert-OH is 1. The molecule has 638 valence electrons. The van der Waals surface area contributed by atoms with Crippen LogP contribution in [-0.4, -0.2) is 220 Å². The highest BCUT2D eigenvalue weighted by atomic mass is 32.2. The second kappa shape index (κ2) is 38.6. The fourth-order valence-electron chi connectivity index (χ4n) is 17.4. The number of nitrogens with zero attached hydrogens (tertiary/aromatic N) is 15. The van der Waals surface area contributed by atoms with E-state index in [2.05, 4.69) is 107 Å². The molecule has 3 atom stereocenters. The van der Waals surface area contributed by atoms with E-state index in [9.17, 15) is 42.8 Å². The number of rotatable bonds is 18. The lowest BCUT2D eigenvalue weighted by Gasteiger charge is -2.40. The van der Waals surface area contributed by atoms with Crippen LogP contribution >= 0.6 is 0 Å². The van der Waals surface area contributed by atoms with Crippen LogP contribution in [0.15, 0.2) is 161 Å². The number of tetrazole rings is 1. The summed E-state index contributed by atoms with van der Waals surface area (Å²) in [5.74, 6) is 5.80. The molecule has 6 saturated heterocycles. The van der Waals surface area contributed by atoms with E-state index in [0.29, 0.717) is 134 Å². The predicted molar refractivity (Wildman–Crippen MR) is 481 cm³/mol. The van der Waals surface area contributed by atoms with Gasteiger partial charge in [0.1, 0.15) is 28.7 Å². The summed E-state index contributed by atoms with van der Waals surface area (Å²) in [5, 5.41) is 57.3. The molecule has 15 rings (SSSR count). The lowest BCUT2D eigenvalue weighted by molar-refractivity contribution is 0.0694. The van der Waals surface area contributed by atoms with Crippen LogP contribution in [0.5, 0.6) is 0 Å². The van der Waals surface area contributed by atoms with Crippen LogP contribution in [0, 0.1) is 86.0 Å². The predicted octanol–water partition coefficient (Wildman–Crippen LogP) is 11.6. The van der Waals surface area contributed by atoms with Gasteiger partial charge in [-0.05, 0) is 202 Å². The van der Waals surface area contributed by atoms with Crippen molar-refractivity contribution >= 4 is 94.5 Å². The molecule has 1 aromatic heterocycles. The fraction of sp³-hybridized carbons (Fsp3) is 0.380. The molecule has 7 heterocycles. The zero-order chi connectivity index (χ0) is 86.7. The van der Waals surface area contributed by atoms with Crippen molar-refractivity contribution < 1.29 is 36.7 Å². The largest absolute Gasteiger partial charge is 0.394 e. The topological polar surface area (TPSA) is 312 Å². The molecule has 30 heteroatoms. The van der Waals surface area contributed by atoms with Crippen molar-refractivity contribution in [2.24, 2.45) is 12.2 Å². The number of piperazine rings is 3. The molecule has 0 spiro atoms. The average Bonchev–Trinajstić information content (AvgIpc) is 1.09. The number of halogens is 2. The number of aliphatic hydroxyl groups is 1. The number of anilines is 9. The van der Waals surface area contributed by atoms with Crippen molar-refractivity contribution in [3.8, 4) is 24.5 Å². The van der Waals surface area contributed by atoms with Gasteiger partial charge in [0.15, 0.2) is 0 Å². The Kier molecular flexibility index (Phi) is 27.7. The van der Waals surface area contributed by atoms with Crippen molar-refractivity contribution in [1.29, 1.82) is 15.3 Å². The summed E-state index contributed by atoms with van der Waals surface area (Å²) in [6.07, 6.45) is 12.3. The molecular weight excluding hydrogens is 1580 g/mol. The smallest absolute Gasteiger partial charge is 0.254 e. The molecule has 3 amide bonds. The van der Waals surface area contributed by atoms with Crippen LogP contribution < -0.4 is 50.5 Å². The monoisotopic (exact) mass is 1690 g/mol. The first-order chi connectivity index (χ1) is 58.6. The number of benzene rings is 8. The molecule has 6 fully saturated rings. The van der Waals surface area contributed by atoms with Gasteiger partial charge < -0.3 is 65.2 Å². The van der Waals surface area contributed by atoms with Crippen molar-refractivity contribution in [1.82, 2.24) is 34.9 Å². The number of aromatic nitrogens is 4. The molecule has 122 heavy (non-hydrogen) atoms. The minimum Gasteiger partial charge on any atom is -0.394 e. The van der Waals surface area contributed by atoms with Gasteiger partial charge in [-0.2, -0.15) is 10.5 Å². The third kappa shape index (κ3) is 20.2. The number of terminal acetylenes is 1. The Labute approximate surface area is 715 Å². The van der Waals surface area contributed by atoms with E-state index in [-0.39, 0.29) is 53.2 Å². The third-order valence-electron chi connectivity index (χ3n) is 24.1. The normalized spacial score (nSPS) is 17.7. The van der Waals surface area contributed by atoms with E-state index in [4.69, 9.17) is 16.3 Å². The van der Waals surface area contributed by atoms with Crippen molar-refractivity contribution in [3.05, 3.63) is 224 Å². The molecule has 6 aliphatic heterocycles. The lowest BCUT2D eigenvalue weighted by Crippen LogP contribution is -2.57. The molecule has 0 aliphatic carbocycles. The van der Waals surface area contributed by atoms with E-state index >= 15 is 4.39 Å². The number of aryl methyl sites for hydroxylation is 6. The molecule has 8 aromatic carbocycles. The summed E-state index contributed by atoms with van der Waals surface area (Å²) in [6.45, 7) is 20.1. The van der Waals surface area contributed by atoms with Gasteiger partial charge in [0.05, 0.1) is 82.2 Å². The van der Waals surface area contributed by atoms with E-state index < -0.39 is 25.3 Å². The van der Waals surface area contributed by atoms with Crippen molar-refractivity contribution in [3.63, 3.8) is 0 Å². The summed E-state index contributed by atoms with van der Waals surface area (Å²) in [7, 11) is -4.37. The maximum Gasteiger partial charge on any atom is 0.254 e. The van der Waals surface area contributed by atoms with Crippen LogP contribution in [0.25, 0.3) is 0 Å². The van der Waals surface area contributed by atoms with E-state index in [1.165, 1.54) is 18.4 Å². The third-order valence-corrected chi connectivity index (χ3v) is 26.3. The minimum atomic E-state index is -3.25. The Bertz CT molecular complexity index is 5690. The van der Waals surface area contributed by atoms with Gasteiger partial charge in [-0.1, -0.05) is 77.7 Å². The first-order valence-corrected chi connectivity index (χ1v) is 45.2. The molecule has 0 radical (unpaired) electrons. The number of para-hydroxylation sites is 4. The van der Waals surface area contributed by atoms with Crippen LogP contribution in [0.4, 0.5) is 60.2 Å². The highest BCUT2D eigenvalue weighted by Crippen LogP contribution is 2.36. The second-order valence-corrected chi connectivity index (χ2v) is 36.3. The minimum absolute atomic E-state index is 0.0227. The highest BCUT2D eigenvalue weighted by molar-refractivity contribution is 7.98. The summed E-state index contributed by atoms with van der Waals surface area (Å²) >= 11 is 0. The molecule has 7 N–H and O–H groups in total. The first-order valence-electron chi connectivity index (χ1n) is 41.5. The van der Waals surface area contributed by atoms with E-state index in [1.807, 2.05) is 124 Å². The summed E-state index contributed by atoms with van der Waals surface area (Å²) < 4.78 is 64.1. The van der Waals surface area contributed by atoms with Crippen LogP contribution in [-0.2, 0) is 26.5 Å². The Balaban J connectivity index is 0.000000158. The number of carbonyl (C=O) groups is 3. The van der Waals surface area contributed by atoms with Gasteiger partial charge in [0.25, 0.3) is 17.7 Å². The van der Waals surface area contributed by atoms with Gasteiger partial charge in [0, 0.05) is 176 Å². The van der Waals surface area contributed by atoms with Gasteiger partial charge in [0.2, 0.25) is 5.95 Å².